The molecule has 0 amide bonds. The maximum Gasteiger partial charge on any atom is 0.255 e. The fraction of sp³-hybridized carbons (Fsp3) is 0.565. The van der Waals surface area contributed by atoms with Gasteiger partial charge in [-0.25, -0.2) is 4.98 Å². The largest absolute Gasteiger partial charge is 0.497 e. The number of hydrogen-bond acceptors (Lipinski definition) is 6. The van der Waals surface area contributed by atoms with Crippen LogP contribution in [0.3, 0.4) is 0 Å². The van der Waals surface area contributed by atoms with Crippen molar-refractivity contribution in [2.45, 2.75) is 37.6 Å². The third-order valence-electron chi connectivity index (χ3n) is 7.02. The molecule has 1 aromatic heterocycles. The second-order valence-corrected chi connectivity index (χ2v) is 8.72. The van der Waals surface area contributed by atoms with Crippen LogP contribution in [0.1, 0.15) is 36.1 Å². The molecule has 1 spiro atoms. The number of nitrogens with zero attached hydrogens (tertiary/aromatic N) is 3. The highest BCUT2D eigenvalue weighted by Gasteiger charge is 2.44. The van der Waals surface area contributed by atoms with E-state index in [-0.39, 0.29) is 11.0 Å². The number of morpholine rings is 1. The van der Waals surface area contributed by atoms with Crippen molar-refractivity contribution in [1.82, 2.24) is 14.9 Å². The third kappa shape index (κ3) is 3.61. The van der Waals surface area contributed by atoms with Crippen molar-refractivity contribution < 1.29 is 9.47 Å². The Kier molecular flexibility index (Phi) is 5.25. The summed E-state index contributed by atoms with van der Waals surface area (Å²) in [6.45, 7) is 5.92. The molecule has 30 heavy (non-hydrogen) atoms. The average molecular weight is 411 g/mol. The van der Waals surface area contributed by atoms with Crippen LogP contribution in [0.2, 0.25) is 0 Å². The number of rotatable bonds is 4. The molecule has 1 aliphatic carbocycles. The number of piperidine rings is 1. The number of anilines is 1. The van der Waals surface area contributed by atoms with Crippen molar-refractivity contribution in [3.8, 4) is 5.75 Å². The number of aromatic nitrogens is 2. The lowest BCUT2D eigenvalue weighted by atomic mass is 9.76. The van der Waals surface area contributed by atoms with Gasteiger partial charge in [-0.15, -0.1) is 0 Å². The van der Waals surface area contributed by atoms with Crippen LogP contribution in [0.5, 0.6) is 5.75 Å². The quantitative estimate of drug-likeness (QED) is 0.832. The van der Waals surface area contributed by atoms with Crippen LogP contribution < -0.4 is 15.2 Å². The molecule has 0 atom stereocenters. The van der Waals surface area contributed by atoms with Crippen molar-refractivity contribution >= 4 is 5.95 Å². The van der Waals surface area contributed by atoms with Gasteiger partial charge in [-0.05, 0) is 56.5 Å². The van der Waals surface area contributed by atoms with Crippen molar-refractivity contribution in [3.63, 3.8) is 0 Å². The molecule has 2 aromatic rings. The van der Waals surface area contributed by atoms with Crippen LogP contribution in [0.4, 0.5) is 5.95 Å². The van der Waals surface area contributed by atoms with Gasteiger partial charge < -0.3 is 14.4 Å². The smallest absolute Gasteiger partial charge is 0.255 e. The topological polar surface area (TPSA) is 70.7 Å². The van der Waals surface area contributed by atoms with Crippen molar-refractivity contribution in [2.75, 3.05) is 51.4 Å². The van der Waals surface area contributed by atoms with Gasteiger partial charge >= 0.3 is 0 Å². The summed E-state index contributed by atoms with van der Waals surface area (Å²) in [4.78, 5) is 25.5. The minimum absolute atomic E-state index is 0.0511. The SMILES string of the molecule is COc1cccc(CN2CCC3(CCc4c3nc(N3CCOCC3)[nH]c4=O)CC2)c1. The monoisotopic (exact) mass is 410 g/mol. The van der Waals surface area contributed by atoms with E-state index in [4.69, 9.17) is 14.5 Å². The Hall–Kier alpha value is -2.38. The van der Waals surface area contributed by atoms with Gasteiger partial charge in [0.15, 0.2) is 0 Å². The molecule has 3 heterocycles. The Morgan fingerprint density at radius 3 is 2.73 bits per heavy atom. The predicted octanol–water partition coefficient (Wildman–Crippen LogP) is 2.10. The Labute approximate surface area is 177 Å². The molecule has 7 heteroatoms. The highest BCUT2D eigenvalue weighted by Crippen LogP contribution is 2.44. The molecule has 2 aliphatic heterocycles. The number of aromatic amines is 1. The molecule has 7 nitrogen and oxygen atoms in total. The van der Waals surface area contributed by atoms with Gasteiger partial charge in [-0.1, -0.05) is 12.1 Å². The lowest BCUT2D eigenvalue weighted by Gasteiger charge is -2.39. The number of H-pyrrole nitrogens is 1. The van der Waals surface area contributed by atoms with Gasteiger partial charge in [0, 0.05) is 30.6 Å². The summed E-state index contributed by atoms with van der Waals surface area (Å²) in [6, 6.07) is 8.31. The van der Waals surface area contributed by atoms with E-state index in [0.717, 1.165) is 81.4 Å². The summed E-state index contributed by atoms with van der Waals surface area (Å²) in [5.74, 6) is 1.63. The lowest BCUT2D eigenvalue weighted by Crippen LogP contribution is -2.43. The zero-order chi connectivity index (χ0) is 20.6. The average Bonchev–Trinajstić information content (AvgIpc) is 3.15. The minimum Gasteiger partial charge on any atom is -0.497 e. The molecular weight excluding hydrogens is 380 g/mol. The molecule has 5 rings (SSSR count). The summed E-state index contributed by atoms with van der Waals surface area (Å²) in [5, 5.41) is 0. The van der Waals surface area contributed by atoms with E-state index in [2.05, 4.69) is 33.0 Å². The standard InChI is InChI=1S/C23H30N4O3/c1-29-18-4-2-3-17(15-18)16-26-9-7-23(8-10-26)6-5-19-20(23)24-22(25-21(19)28)27-11-13-30-14-12-27/h2-4,15H,5-14,16H2,1H3,(H,24,25,28). The lowest BCUT2D eigenvalue weighted by molar-refractivity contribution is 0.122. The van der Waals surface area contributed by atoms with E-state index < -0.39 is 0 Å². The van der Waals surface area contributed by atoms with Gasteiger partial charge in [0.1, 0.15) is 5.75 Å². The zero-order valence-electron chi connectivity index (χ0n) is 17.7. The number of hydrogen-bond donors (Lipinski definition) is 1. The van der Waals surface area contributed by atoms with E-state index in [9.17, 15) is 4.79 Å². The van der Waals surface area contributed by atoms with Crippen molar-refractivity contribution in [2.24, 2.45) is 0 Å². The first kappa shape index (κ1) is 19.6. The van der Waals surface area contributed by atoms with Crippen LogP contribution in [0, 0.1) is 0 Å². The number of nitrogens with one attached hydrogen (secondary N) is 1. The van der Waals surface area contributed by atoms with Crippen molar-refractivity contribution in [3.05, 3.63) is 51.4 Å². The highest BCUT2D eigenvalue weighted by atomic mass is 16.5. The molecule has 0 radical (unpaired) electrons. The number of likely N-dealkylation sites (tertiary alicyclic amines) is 1. The second-order valence-electron chi connectivity index (χ2n) is 8.72. The summed E-state index contributed by atoms with van der Waals surface area (Å²) < 4.78 is 10.8. The molecule has 2 fully saturated rings. The molecule has 0 bridgehead atoms. The van der Waals surface area contributed by atoms with E-state index in [1.54, 1.807) is 7.11 Å². The summed E-state index contributed by atoms with van der Waals surface area (Å²) >= 11 is 0. The number of ether oxygens (including phenoxy) is 2. The third-order valence-corrected chi connectivity index (χ3v) is 7.02. The fourth-order valence-electron chi connectivity index (χ4n) is 5.22. The summed E-state index contributed by atoms with van der Waals surface area (Å²) in [5.41, 5.74) is 3.36. The Morgan fingerprint density at radius 1 is 1.17 bits per heavy atom. The first-order valence-electron chi connectivity index (χ1n) is 11.0. The Morgan fingerprint density at radius 2 is 1.97 bits per heavy atom. The molecule has 0 unspecified atom stereocenters. The predicted molar refractivity (Wildman–Crippen MR) is 115 cm³/mol. The molecule has 2 saturated heterocycles. The van der Waals surface area contributed by atoms with Crippen LogP contribution in [0.25, 0.3) is 0 Å². The van der Waals surface area contributed by atoms with Gasteiger partial charge in [-0.3, -0.25) is 14.7 Å². The molecular formula is C23H30N4O3. The van der Waals surface area contributed by atoms with Gasteiger partial charge in [0.05, 0.1) is 26.0 Å². The van der Waals surface area contributed by atoms with Crippen molar-refractivity contribution in [1.29, 1.82) is 0 Å². The van der Waals surface area contributed by atoms with Crippen LogP contribution >= 0.6 is 0 Å². The molecule has 1 aromatic carbocycles. The van der Waals surface area contributed by atoms with Gasteiger partial charge in [-0.2, -0.15) is 0 Å². The first-order chi connectivity index (χ1) is 14.7. The molecule has 160 valence electrons. The maximum absolute atomic E-state index is 12.8. The van der Waals surface area contributed by atoms with Gasteiger partial charge in [0.2, 0.25) is 5.95 Å². The summed E-state index contributed by atoms with van der Waals surface area (Å²) in [7, 11) is 1.71. The molecule has 1 N–H and O–H groups in total. The van der Waals surface area contributed by atoms with E-state index in [0.29, 0.717) is 13.2 Å². The maximum atomic E-state index is 12.8. The Balaban J connectivity index is 1.33. The van der Waals surface area contributed by atoms with Gasteiger partial charge in [0.25, 0.3) is 5.56 Å². The highest BCUT2D eigenvalue weighted by molar-refractivity contribution is 5.40. The van der Waals surface area contributed by atoms with E-state index >= 15 is 0 Å². The number of methoxy groups -OCH3 is 1. The van der Waals surface area contributed by atoms with Crippen LogP contribution in [-0.4, -0.2) is 61.4 Å². The fourth-order valence-corrected chi connectivity index (χ4v) is 5.22. The number of fused-ring (bicyclic) bond motifs is 2. The molecule has 3 aliphatic rings. The molecule has 0 saturated carbocycles. The minimum atomic E-state index is 0.0511. The Bertz CT molecular complexity index is 959. The normalized spacial score (nSPS) is 21.0. The van der Waals surface area contributed by atoms with Crippen LogP contribution in [-0.2, 0) is 23.1 Å². The first-order valence-corrected chi connectivity index (χ1v) is 11.0. The van der Waals surface area contributed by atoms with E-state index in [1.807, 2.05) is 6.07 Å². The zero-order valence-corrected chi connectivity index (χ0v) is 17.7. The second kappa shape index (κ2) is 8.04. The summed E-state index contributed by atoms with van der Waals surface area (Å²) in [6.07, 6.45) is 4.00. The number of benzene rings is 1. The van der Waals surface area contributed by atoms with E-state index in [1.165, 1.54) is 5.56 Å². The van der Waals surface area contributed by atoms with Crippen LogP contribution in [0.15, 0.2) is 29.1 Å².